The van der Waals surface area contributed by atoms with E-state index in [0.717, 1.165) is 19.3 Å². The van der Waals surface area contributed by atoms with Gasteiger partial charge in [0, 0.05) is 7.11 Å². The Morgan fingerprint density at radius 3 is 3.08 bits per heavy atom. The van der Waals surface area contributed by atoms with Crippen molar-refractivity contribution in [3.05, 3.63) is 12.7 Å². The van der Waals surface area contributed by atoms with Crippen molar-refractivity contribution in [2.24, 2.45) is 0 Å². The maximum absolute atomic E-state index is 9.64. The predicted octanol–water partition coefficient (Wildman–Crippen LogP) is 1.47. The Kier molecular flexibility index (Phi) is 4.42. The van der Waals surface area contributed by atoms with Crippen molar-refractivity contribution in [3.8, 4) is 0 Å². The summed E-state index contributed by atoms with van der Waals surface area (Å²) in [6.45, 7) is 3.59. The van der Waals surface area contributed by atoms with E-state index in [9.17, 15) is 5.11 Å². The van der Waals surface area contributed by atoms with Crippen LogP contribution in [0, 0.1) is 0 Å². The Bertz CT molecular complexity index is 158. The third kappa shape index (κ3) is 3.10. The van der Waals surface area contributed by atoms with E-state index < -0.39 is 6.10 Å². The van der Waals surface area contributed by atoms with Crippen LogP contribution in [0.25, 0.3) is 0 Å². The minimum absolute atomic E-state index is 0.0864. The molecular weight excluding hydrogens is 168 g/mol. The average Bonchev–Trinajstić information content (AvgIpc) is 2.18. The van der Waals surface area contributed by atoms with Gasteiger partial charge in [0.15, 0.2) is 6.29 Å². The number of hydrogen-bond donors (Lipinski definition) is 1. The minimum atomic E-state index is -0.435. The van der Waals surface area contributed by atoms with Gasteiger partial charge in [-0.05, 0) is 25.7 Å². The Labute approximate surface area is 79.3 Å². The first-order chi connectivity index (χ1) is 6.27. The van der Waals surface area contributed by atoms with Gasteiger partial charge in [-0.3, -0.25) is 0 Å². The molecule has 3 heteroatoms. The SMILES string of the molecule is C=CC[C@@H](O)[C@@H]1CCC[C@@H](OC)O1. The van der Waals surface area contributed by atoms with Crippen molar-refractivity contribution in [2.45, 2.75) is 44.2 Å². The summed E-state index contributed by atoms with van der Waals surface area (Å²) in [5, 5.41) is 9.64. The molecule has 1 N–H and O–H groups in total. The van der Waals surface area contributed by atoms with Crippen LogP contribution >= 0.6 is 0 Å². The molecule has 0 aromatic carbocycles. The monoisotopic (exact) mass is 186 g/mol. The molecule has 0 amide bonds. The van der Waals surface area contributed by atoms with Gasteiger partial charge in [-0.1, -0.05) is 6.08 Å². The summed E-state index contributed by atoms with van der Waals surface area (Å²) in [4.78, 5) is 0. The van der Waals surface area contributed by atoms with Crippen LogP contribution in [0.15, 0.2) is 12.7 Å². The molecule has 0 saturated carbocycles. The lowest BCUT2D eigenvalue weighted by atomic mass is 10.0. The predicted molar refractivity (Wildman–Crippen MR) is 50.3 cm³/mol. The van der Waals surface area contributed by atoms with Crippen molar-refractivity contribution in [3.63, 3.8) is 0 Å². The van der Waals surface area contributed by atoms with Gasteiger partial charge in [0.2, 0.25) is 0 Å². The van der Waals surface area contributed by atoms with E-state index in [4.69, 9.17) is 9.47 Å². The Balaban J connectivity index is 2.36. The van der Waals surface area contributed by atoms with Gasteiger partial charge in [-0.15, -0.1) is 6.58 Å². The maximum atomic E-state index is 9.64. The van der Waals surface area contributed by atoms with E-state index in [1.54, 1.807) is 13.2 Å². The standard InChI is InChI=1S/C10H18O3/c1-3-5-8(11)9-6-4-7-10(12-2)13-9/h3,8-11H,1,4-7H2,2H3/t8-,9+,10+/m1/s1. The molecule has 0 aliphatic carbocycles. The van der Waals surface area contributed by atoms with Crippen LogP contribution in [0.2, 0.25) is 0 Å². The van der Waals surface area contributed by atoms with Crippen LogP contribution in [-0.2, 0) is 9.47 Å². The molecule has 1 aliphatic rings. The fraction of sp³-hybridized carbons (Fsp3) is 0.800. The average molecular weight is 186 g/mol. The normalized spacial score (nSPS) is 31.2. The van der Waals surface area contributed by atoms with Gasteiger partial charge in [-0.25, -0.2) is 0 Å². The molecule has 13 heavy (non-hydrogen) atoms. The summed E-state index contributed by atoms with van der Waals surface area (Å²) in [5.41, 5.74) is 0. The summed E-state index contributed by atoms with van der Waals surface area (Å²) in [6.07, 6.45) is 4.52. The number of aliphatic hydroxyl groups is 1. The molecule has 0 bridgehead atoms. The van der Waals surface area contributed by atoms with Crippen LogP contribution in [0.3, 0.4) is 0 Å². The molecule has 0 aromatic rings. The first-order valence-electron chi connectivity index (χ1n) is 4.75. The highest BCUT2D eigenvalue weighted by Gasteiger charge is 2.26. The zero-order valence-electron chi connectivity index (χ0n) is 8.11. The molecule has 0 unspecified atom stereocenters. The molecule has 3 atom stereocenters. The largest absolute Gasteiger partial charge is 0.390 e. The van der Waals surface area contributed by atoms with E-state index in [1.165, 1.54) is 0 Å². The van der Waals surface area contributed by atoms with E-state index in [0.29, 0.717) is 6.42 Å². The molecule has 1 rings (SSSR count). The maximum Gasteiger partial charge on any atom is 0.157 e. The van der Waals surface area contributed by atoms with Gasteiger partial charge < -0.3 is 14.6 Å². The van der Waals surface area contributed by atoms with E-state index in [2.05, 4.69) is 6.58 Å². The van der Waals surface area contributed by atoms with Gasteiger partial charge in [0.1, 0.15) is 0 Å². The van der Waals surface area contributed by atoms with Crippen LogP contribution in [0.1, 0.15) is 25.7 Å². The zero-order valence-corrected chi connectivity index (χ0v) is 8.11. The van der Waals surface area contributed by atoms with E-state index in [1.807, 2.05) is 0 Å². The highest BCUT2D eigenvalue weighted by molar-refractivity contribution is 4.80. The summed E-state index contributed by atoms with van der Waals surface area (Å²) in [5.74, 6) is 0. The van der Waals surface area contributed by atoms with Crippen LogP contribution in [0.4, 0.5) is 0 Å². The van der Waals surface area contributed by atoms with Crippen molar-refractivity contribution in [1.82, 2.24) is 0 Å². The molecule has 0 aromatic heterocycles. The highest BCUT2D eigenvalue weighted by Crippen LogP contribution is 2.22. The smallest absolute Gasteiger partial charge is 0.157 e. The first-order valence-corrected chi connectivity index (χ1v) is 4.75. The Morgan fingerprint density at radius 2 is 2.46 bits per heavy atom. The number of aliphatic hydroxyl groups excluding tert-OH is 1. The van der Waals surface area contributed by atoms with Crippen molar-refractivity contribution < 1.29 is 14.6 Å². The molecule has 1 saturated heterocycles. The third-order valence-corrected chi connectivity index (χ3v) is 2.36. The lowest BCUT2D eigenvalue weighted by molar-refractivity contribution is -0.202. The fourth-order valence-corrected chi connectivity index (χ4v) is 1.60. The van der Waals surface area contributed by atoms with Crippen LogP contribution in [-0.4, -0.2) is 30.7 Å². The molecule has 1 heterocycles. The number of rotatable bonds is 4. The van der Waals surface area contributed by atoms with Crippen molar-refractivity contribution in [1.29, 1.82) is 0 Å². The highest BCUT2D eigenvalue weighted by atomic mass is 16.7. The van der Waals surface area contributed by atoms with Gasteiger partial charge in [0.25, 0.3) is 0 Å². The lowest BCUT2D eigenvalue weighted by Gasteiger charge is -2.31. The van der Waals surface area contributed by atoms with Gasteiger partial charge in [-0.2, -0.15) is 0 Å². The van der Waals surface area contributed by atoms with E-state index >= 15 is 0 Å². The van der Waals surface area contributed by atoms with Gasteiger partial charge in [0.05, 0.1) is 12.2 Å². The summed E-state index contributed by atoms with van der Waals surface area (Å²) < 4.78 is 10.6. The fourth-order valence-electron chi connectivity index (χ4n) is 1.60. The number of hydrogen-bond acceptors (Lipinski definition) is 3. The third-order valence-electron chi connectivity index (χ3n) is 2.36. The second-order valence-corrected chi connectivity index (χ2v) is 3.36. The summed E-state index contributed by atoms with van der Waals surface area (Å²) in [7, 11) is 1.63. The second-order valence-electron chi connectivity index (χ2n) is 3.36. The van der Waals surface area contributed by atoms with Crippen molar-refractivity contribution >= 4 is 0 Å². The first kappa shape index (κ1) is 10.7. The topological polar surface area (TPSA) is 38.7 Å². The lowest BCUT2D eigenvalue weighted by Crippen LogP contribution is -2.37. The minimum Gasteiger partial charge on any atom is -0.390 e. The van der Waals surface area contributed by atoms with E-state index in [-0.39, 0.29) is 12.4 Å². The number of methoxy groups -OCH3 is 1. The quantitative estimate of drug-likeness (QED) is 0.676. The molecule has 76 valence electrons. The van der Waals surface area contributed by atoms with Crippen molar-refractivity contribution in [2.75, 3.05) is 7.11 Å². The Morgan fingerprint density at radius 1 is 1.69 bits per heavy atom. The molecule has 1 aliphatic heterocycles. The molecule has 3 nitrogen and oxygen atoms in total. The summed E-state index contributed by atoms with van der Waals surface area (Å²) in [6, 6.07) is 0. The zero-order chi connectivity index (χ0) is 9.68. The summed E-state index contributed by atoms with van der Waals surface area (Å²) >= 11 is 0. The Hall–Kier alpha value is -0.380. The van der Waals surface area contributed by atoms with Gasteiger partial charge >= 0.3 is 0 Å². The molecular formula is C10H18O3. The second kappa shape index (κ2) is 5.37. The molecule has 0 radical (unpaired) electrons. The molecule has 1 fully saturated rings. The van der Waals surface area contributed by atoms with Crippen LogP contribution < -0.4 is 0 Å². The van der Waals surface area contributed by atoms with Crippen LogP contribution in [0.5, 0.6) is 0 Å². The number of ether oxygens (including phenoxy) is 2. The molecule has 0 spiro atoms.